The van der Waals surface area contributed by atoms with Crippen LogP contribution in [0.15, 0.2) is 0 Å². The van der Waals surface area contributed by atoms with E-state index in [0.717, 1.165) is 31.7 Å². The van der Waals surface area contributed by atoms with Crippen LogP contribution in [-0.4, -0.2) is 23.8 Å². The smallest absolute Gasteiger partial charge is 0.0653 e. The van der Waals surface area contributed by atoms with E-state index in [0.29, 0.717) is 0 Å². The summed E-state index contributed by atoms with van der Waals surface area (Å²) in [6.07, 6.45) is 5.74. The third-order valence-corrected chi connectivity index (χ3v) is 2.89. The molecule has 2 fully saturated rings. The molecule has 11 heavy (non-hydrogen) atoms. The Morgan fingerprint density at radius 3 is 2.82 bits per heavy atom. The number of nitrogens with one attached hydrogen (secondary N) is 1. The van der Waals surface area contributed by atoms with Crippen LogP contribution in [0.2, 0.25) is 0 Å². The standard InChI is InChI=1S/C9H17NO/c11-9(3-4-9)6-8-2-1-5-10-7-8/h8,10-11H,1-7H2. The lowest BCUT2D eigenvalue weighted by atomic mass is 9.92. The molecule has 0 aromatic heterocycles. The van der Waals surface area contributed by atoms with Gasteiger partial charge in [-0.2, -0.15) is 0 Å². The Hall–Kier alpha value is -0.0800. The number of hydrogen-bond acceptors (Lipinski definition) is 2. The number of hydrogen-bond donors (Lipinski definition) is 2. The molecule has 1 heterocycles. The molecule has 0 aromatic carbocycles. The van der Waals surface area contributed by atoms with Crippen LogP contribution in [0.4, 0.5) is 0 Å². The Morgan fingerprint density at radius 2 is 2.27 bits per heavy atom. The van der Waals surface area contributed by atoms with Crippen molar-refractivity contribution in [2.75, 3.05) is 13.1 Å². The fraction of sp³-hybridized carbons (Fsp3) is 1.00. The molecular weight excluding hydrogens is 138 g/mol. The molecule has 1 aliphatic carbocycles. The van der Waals surface area contributed by atoms with Gasteiger partial charge >= 0.3 is 0 Å². The first-order chi connectivity index (χ1) is 5.29. The van der Waals surface area contributed by atoms with Gasteiger partial charge in [0.2, 0.25) is 0 Å². The van der Waals surface area contributed by atoms with E-state index < -0.39 is 0 Å². The first kappa shape index (κ1) is 7.56. The molecule has 1 atom stereocenters. The fourth-order valence-electron chi connectivity index (χ4n) is 1.98. The summed E-state index contributed by atoms with van der Waals surface area (Å²) in [4.78, 5) is 0. The minimum Gasteiger partial charge on any atom is -0.390 e. The summed E-state index contributed by atoms with van der Waals surface area (Å²) < 4.78 is 0. The van der Waals surface area contributed by atoms with Crippen molar-refractivity contribution in [3.05, 3.63) is 0 Å². The fourth-order valence-corrected chi connectivity index (χ4v) is 1.98. The van der Waals surface area contributed by atoms with Gasteiger partial charge in [-0.05, 0) is 51.1 Å². The first-order valence-electron chi connectivity index (χ1n) is 4.72. The second kappa shape index (κ2) is 2.76. The largest absolute Gasteiger partial charge is 0.390 e. The SMILES string of the molecule is OC1(CC2CCCNC2)CC1. The van der Waals surface area contributed by atoms with Crippen LogP contribution < -0.4 is 5.32 Å². The normalized spacial score (nSPS) is 35.2. The van der Waals surface area contributed by atoms with Crippen LogP contribution in [0.5, 0.6) is 0 Å². The summed E-state index contributed by atoms with van der Waals surface area (Å²) in [6.45, 7) is 2.30. The lowest BCUT2D eigenvalue weighted by Gasteiger charge is -2.24. The number of aliphatic hydroxyl groups is 1. The van der Waals surface area contributed by atoms with Crippen molar-refractivity contribution in [3.8, 4) is 0 Å². The zero-order valence-corrected chi connectivity index (χ0v) is 6.97. The van der Waals surface area contributed by atoms with Crippen LogP contribution in [0.25, 0.3) is 0 Å². The molecule has 2 nitrogen and oxygen atoms in total. The molecular formula is C9H17NO. The van der Waals surface area contributed by atoms with Crippen molar-refractivity contribution in [2.45, 2.75) is 37.7 Å². The van der Waals surface area contributed by atoms with Crippen LogP contribution in [-0.2, 0) is 0 Å². The Labute approximate surface area is 68.0 Å². The zero-order chi connectivity index (χ0) is 7.73. The molecule has 0 radical (unpaired) electrons. The van der Waals surface area contributed by atoms with Gasteiger partial charge in [-0.1, -0.05) is 0 Å². The summed E-state index contributed by atoms with van der Waals surface area (Å²) in [6, 6.07) is 0. The predicted octanol–water partition coefficient (Wildman–Crippen LogP) is 0.901. The molecule has 1 aliphatic heterocycles. The van der Waals surface area contributed by atoms with Crippen molar-refractivity contribution < 1.29 is 5.11 Å². The highest BCUT2D eigenvalue weighted by Gasteiger charge is 2.41. The van der Waals surface area contributed by atoms with Gasteiger partial charge in [-0.25, -0.2) is 0 Å². The van der Waals surface area contributed by atoms with Crippen molar-refractivity contribution in [1.29, 1.82) is 0 Å². The molecule has 2 heteroatoms. The minimum absolute atomic E-state index is 0.232. The van der Waals surface area contributed by atoms with Crippen molar-refractivity contribution in [2.24, 2.45) is 5.92 Å². The molecule has 0 aromatic rings. The van der Waals surface area contributed by atoms with Gasteiger partial charge in [0, 0.05) is 0 Å². The van der Waals surface area contributed by atoms with E-state index in [4.69, 9.17) is 0 Å². The van der Waals surface area contributed by atoms with Gasteiger partial charge in [-0.3, -0.25) is 0 Å². The van der Waals surface area contributed by atoms with Crippen LogP contribution in [0, 0.1) is 5.92 Å². The first-order valence-corrected chi connectivity index (χ1v) is 4.72. The second-order valence-corrected chi connectivity index (χ2v) is 4.14. The van der Waals surface area contributed by atoms with E-state index in [-0.39, 0.29) is 5.60 Å². The van der Waals surface area contributed by atoms with Gasteiger partial charge in [0.15, 0.2) is 0 Å². The summed E-state index contributed by atoms with van der Waals surface area (Å²) in [5.74, 6) is 0.747. The molecule has 1 saturated heterocycles. The minimum atomic E-state index is -0.232. The van der Waals surface area contributed by atoms with Gasteiger partial charge in [0.05, 0.1) is 5.60 Å². The third kappa shape index (κ3) is 1.94. The highest BCUT2D eigenvalue weighted by Crippen LogP contribution is 2.41. The molecule has 2 rings (SSSR count). The topological polar surface area (TPSA) is 32.3 Å². The van der Waals surface area contributed by atoms with Crippen LogP contribution in [0.3, 0.4) is 0 Å². The maximum absolute atomic E-state index is 9.65. The van der Waals surface area contributed by atoms with Crippen molar-refractivity contribution in [3.63, 3.8) is 0 Å². The molecule has 64 valence electrons. The van der Waals surface area contributed by atoms with E-state index in [2.05, 4.69) is 5.32 Å². The molecule has 2 N–H and O–H groups in total. The Morgan fingerprint density at radius 1 is 1.45 bits per heavy atom. The molecule has 0 bridgehead atoms. The molecule has 1 saturated carbocycles. The lowest BCUT2D eigenvalue weighted by molar-refractivity contribution is 0.111. The predicted molar refractivity (Wildman–Crippen MR) is 44.4 cm³/mol. The van der Waals surface area contributed by atoms with E-state index >= 15 is 0 Å². The Bertz CT molecular complexity index is 136. The van der Waals surface area contributed by atoms with E-state index in [1.54, 1.807) is 0 Å². The van der Waals surface area contributed by atoms with Crippen LogP contribution >= 0.6 is 0 Å². The second-order valence-electron chi connectivity index (χ2n) is 4.14. The third-order valence-electron chi connectivity index (χ3n) is 2.89. The molecule has 0 spiro atoms. The maximum Gasteiger partial charge on any atom is 0.0653 e. The summed E-state index contributed by atoms with van der Waals surface area (Å²) >= 11 is 0. The Balaban J connectivity index is 1.76. The summed E-state index contributed by atoms with van der Waals surface area (Å²) in [5.41, 5.74) is -0.232. The molecule has 0 amide bonds. The van der Waals surface area contributed by atoms with Gasteiger partial charge < -0.3 is 10.4 Å². The van der Waals surface area contributed by atoms with Crippen molar-refractivity contribution in [1.82, 2.24) is 5.32 Å². The van der Waals surface area contributed by atoms with Crippen molar-refractivity contribution >= 4 is 0 Å². The Kier molecular flexibility index (Phi) is 1.90. The van der Waals surface area contributed by atoms with E-state index in [1.165, 1.54) is 19.4 Å². The molecule has 1 unspecified atom stereocenters. The summed E-state index contributed by atoms with van der Waals surface area (Å²) in [5, 5.41) is 13.0. The lowest BCUT2D eigenvalue weighted by Crippen LogP contribution is -2.32. The quantitative estimate of drug-likeness (QED) is 0.621. The van der Waals surface area contributed by atoms with E-state index in [9.17, 15) is 5.11 Å². The highest BCUT2D eigenvalue weighted by atomic mass is 16.3. The van der Waals surface area contributed by atoms with Gasteiger partial charge in [0.1, 0.15) is 0 Å². The number of rotatable bonds is 2. The van der Waals surface area contributed by atoms with E-state index in [1.807, 2.05) is 0 Å². The highest BCUT2D eigenvalue weighted by molar-refractivity contribution is 4.95. The zero-order valence-electron chi connectivity index (χ0n) is 6.97. The average molecular weight is 155 g/mol. The van der Waals surface area contributed by atoms with Crippen LogP contribution in [0.1, 0.15) is 32.1 Å². The number of piperidine rings is 1. The van der Waals surface area contributed by atoms with Gasteiger partial charge in [-0.15, -0.1) is 0 Å². The molecule has 2 aliphatic rings. The summed E-state index contributed by atoms with van der Waals surface area (Å²) in [7, 11) is 0. The maximum atomic E-state index is 9.65. The average Bonchev–Trinajstić information content (AvgIpc) is 2.70. The monoisotopic (exact) mass is 155 g/mol. The van der Waals surface area contributed by atoms with Gasteiger partial charge in [0.25, 0.3) is 0 Å².